The van der Waals surface area contributed by atoms with Crippen LogP contribution in [0.4, 0.5) is 4.39 Å². The molecule has 0 heterocycles. The molecule has 0 aliphatic heterocycles. The van der Waals surface area contributed by atoms with E-state index in [1.54, 1.807) is 0 Å². The van der Waals surface area contributed by atoms with Gasteiger partial charge in [0.15, 0.2) is 9.84 Å². The largest absolute Gasteiger partial charge is 0.496 e. The molecule has 1 aromatic carbocycles. The van der Waals surface area contributed by atoms with Crippen LogP contribution in [-0.2, 0) is 9.84 Å². The number of ether oxygens (including phenoxy) is 1. The highest BCUT2D eigenvalue weighted by Crippen LogP contribution is 2.29. The Labute approximate surface area is 89.9 Å². The number of halogens is 2. The Kier molecular flexibility index (Phi) is 3.16. The van der Waals surface area contributed by atoms with Gasteiger partial charge in [0, 0.05) is 12.3 Å². The lowest BCUT2D eigenvalue weighted by atomic mass is 10.3. The summed E-state index contributed by atoms with van der Waals surface area (Å²) in [6, 6.07) is 2.21. The van der Waals surface area contributed by atoms with Gasteiger partial charge in [0.25, 0.3) is 0 Å². The Bertz CT molecular complexity index is 456. The summed E-state index contributed by atoms with van der Waals surface area (Å²) in [7, 11) is -2.18. The van der Waals surface area contributed by atoms with E-state index in [0.29, 0.717) is 4.47 Å². The van der Waals surface area contributed by atoms with E-state index in [4.69, 9.17) is 4.74 Å². The Morgan fingerprint density at radius 2 is 2.00 bits per heavy atom. The number of benzene rings is 1. The molecule has 14 heavy (non-hydrogen) atoms. The number of hydrogen-bond donors (Lipinski definition) is 0. The second kappa shape index (κ2) is 3.86. The van der Waals surface area contributed by atoms with Gasteiger partial charge in [-0.25, -0.2) is 12.8 Å². The maximum Gasteiger partial charge on any atom is 0.178 e. The standard InChI is InChI=1S/C8H8BrFO3S/c1-13-7-4-8(14(2,11)12)6(10)3-5(7)9/h3-4H,1-2H3. The number of hydrogen-bond acceptors (Lipinski definition) is 3. The molecule has 0 atom stereocenters. The molecule has 0 amide bonds. The second-order valence-electron chi connectivity index (χ2n) is 2.69. The highest BCUT2D eigenvalue weighted by atomic mass is 79.9. The van der Waals surface area contributed by atoms with E-state index in [1.807, 2.05) is 0 Å². The molecule has 78 valence electrons. The van der Waals surface area contributed by atoms with Crippen molar-refractivity contribution in [3.63, 3.8) is 0 Å². The van der Waals surface area contributed by atoms with Crippen molar-refractivity contribution in [3.05, 3.63) is 22.4 Å². The molecule has 6 heteroatoms. The molecule has 0 N–H and O–H groups in total. The van der Waals surface area contributed by atoms with Gasteiger partial charge in [-0.05, 0) is 22.0 Å². The zero-order valence-electron chi connectivity index (χ0n) is 7.54. The summed E-state index contributed by atoms with van der Waals surface area (Å²) in [5.41, 5.74) is 0. The van der Waals surface area contributed by atoms with Gasteiger partial charge < -0.3 is 4.74 Å². The lowest BCUT2D eigenvalue weighted by Gasteiger charge is -2.06. The molecule has 0 fully saturated rings. The molecule has 0 saturated carbocycles. The Balaban J connectivity index is 3.47. The first-order valence-electron chi connectivity index (χ1n) is 3.59. The van der Waals surface area contributed by atoms with E-state index in [0.717, 1.165) is 18.4 Å². The summed E-state index contributed by atoms with van der Waals surface area (Å²) in [6.45, 7) is 0. The van der Waals surface area contributed by atoms with Gasteiger partial charge in [-0.3, -0.25) is 0 Å². The van der Waals surface area contributed by atoms with Crippen molar-refractivity contribution in [2.45, 2.75) is 4.90 Å². The topological polar surface area (TPSA) is 43.4 Å². The van der Waals surface area contributed by atoms with Crippen molar-refractivity contribution >= 4 is 25.8 Å². The van der Waals surface area contributed by atoms with Crippen LogP contribution in [0, 0.1) is 5.82 Å². The van der Waals surface area contributed by atoms with Crippen LogP contribution in [0.1, 0.15) is 0 Å². The van der Waals surface area contributed by atoms with Crippen LogP contribution in [0.5, 0.6) is 5.75 Å². The minimum absolute atomic E-state index is 0.284. The molecular weight excluding hydrogens is 275 g/mol. The summed E-state index contributed by atoms with van der Waals surface area (Å²) >= 11 is 3.05. The first-order valence-corrected chi connectivity index (χ1v) is 6.28. The van der Waals surface area contributed by atoms with Crippen LogP contribution < -0.4 is 4.74 Å². The average molecular weight is 283 g/mol. The highest BCUT2D eigenvalue weighted by molar-refractivity contribution is 9.10. The molecule has 0 aromatic heterocycles. The van der Waals surface area contributed by atoms with Crippen molar-refractivity contribution in [1.82, 2.24) is 0 Å². The van der Waals surface area contributed by atoms with Gasteiger partial charge in [0.1, 0.15) is 16.5 Å². The summed E-state index contributed by atoms with van der Waals surface area (Å²) in [6.07, 6.45) is 0.943. The molecule has 3 nitrogen and oxygen atoms in total. The van der Waals surface area contributed by atoms with Crippen molar-refractivity contribution < 1.29 is 17.5 Å². The fourth-order valence-electron chi connectivity index (χ4n) is 0.951. The van der Waals surface area contributed by atoms with Crippen molar-refractivity contribution in [3.8, 4) is 5.75 Å². The van der Waals surface area contributed by atoms with Crippen LogP contribution in [-0.4, -0.2) is 21.8 Å². The van der Waals surface area contributed by atoms with Gasteiger partial charge in [0.2, 0.25) is 0 Å². The van der Waals surface area contributed by atoms with E-state index in [2.05, 4.69) is 15.9 Å². The lowest BCUT2D eigenvalue weighted by Crippen LogP contribution is -2.01. The SMILES string of the molecule is COc1cc(S(C)(=O)=O)c(F)cc1Br. The molecule has 0 unspecified atom stereocenters. The maximum atomic E-state index is 13.2. The second-order valence-corrected chi connectivity index (χ2v) is 5.53. The summed E-state index contributed by atoms with van der Waals surface area (Å²) in [4.78, 5) is -0.363. The maximum absolute atomic E-state index is 13.2. The molecule has 1 aromatic rings. The third-order valence-electron chi connectivity index (χ3n) is 1.61. The van der Waals surface area contributed by atoms with Gasteiger partial charge >= 0.3 is 0 Å². The van der Waals surface area contributed by atoms with Gasteiger partial charge in [0.05, 0.1) is 11.6 Å². The molecule has 0 aliphatic rings. The molecule has 1 rings (SSSR count). The van der Waals surface area contributed by atoms with Gasteiger partial charge in [-0.1, -0.05) is 0 Å². The quantitative estimate of drug-likeness (QED) is 0.833. The van der Waals surface area contributed by atoms with Crippen molar-refractivity contribution in [1.29, 1.82) is 0 Å². The van der Waals surface area contributed by atoms with E-state index in [-0.39, 0.29) is 10.6 Å². The van der Waals surface area contributed by atoms with E-state index in [1.165, 1.54) is 7.11 Å². The van der Waals surface area contributed by atoms with Crippen LogP contribution in [0.3, 0.4) is 0 Å². The van der Waals surface area contributed by atoms with E-state index < -0.39 is 15.7 Å². The minimum Gasteiger partial charge on any atom is -0.496 e. The zero-order chi connectivity index (χ0) is 10.9. The summed E-state index contributed by atoms with van der Waals surface area (Å²) in [5.74, 6) is -0.507. The number of methoxy groups -OCH3 is 1. The van der Waals surface area contributed by atoms with Crippen LogP contribution in [0.2, 0.25) is 0 Å². The summed E-state index contributed by atoms with van der Waals surface area (Å²) in [5, 5.41) is 0. The minimum atomic E-state index is -3.56. The monoisotopic (exact) mass is 282 g/mol. The molecule has 0 aliphatic carbocycles. The van der Waals surface area contributed by atoms with E-state index in [9.17, 15) is 12.8 Å². The van der Waals surface area contributed by atoms with Crippen LogP contribution in [0.15, 0.2) is 21.5 Å². The number of rotatable bonds is 2. The Hall–Kier alpha value is -0.620. The molecule has 0 spiro atoms. The normalized spacial score (nSPS) is 11.4. The molecule has 0 radical (unpaired) electrons. The molecule has 0 bridgehead atoms. The summed E-state index contributed by atoms with van der Waals surface area (Å²) < 4.78 is 40.7. The fourth-order valence-corrected chi connectivity index (χ4v) is 2.16. The Morgan fingerprint density at radius 3 is 2.43 bits per heavy atom. The third-order valence-corrected chi connectivity index (χ3v) is 3.34. The van der Waals surface area contributed by atoms with Crippen molar-refractivity contribution in [2.75, 3.05) is 13.4 Å². The lowest BCUT2D eigenvalue weighted by molar-refractivity contribution is 0.408. The van der Waals surface area contributed by atoms with Crippen LogP contribution in [0.25, 0.3) is 0 Å². The van der Waals surface area contributed by atoms with E-state index >= 15 is 0 Å². The first-order chi connectivity index (χ1) is 6.36. The van der Waals surface area contributed by atoms with Gasteiger partial charge in [-0.15, -0.1) is 0 Å². The average Bonchev–Trinajstić information content (AvgIpc) is 2.02. The fraction of sp³-hybridized carbons (Fsp3) is 0.250. The smallest absolute Gasteiger partial charge is 0.178 e. The van der Waals surface area contributed by atoms with Gasteiger partial charge in [-0.2, -0.15) is 0 Å². The zero-order valence-corrected chi connectivity index (χ0v) is 9.95. The number of sulfone groups is 1. The Morgan fingerprint density at radius 1 is 1.43 bits per heavy atom. The molecule has 0 saturated heterocycles. The highest BCUT2D eigenvalue weighted by Gasteiger charge is 2.16. The predicted octanol–water partition coefficient (Wildman–Crippen LogP) is 2.00. The molecular formula is C8H8BrFO3S. The van der Waals surface area contributed by atoms with Crippen molar-refractivity contribution in [2.24, 2.45) is 0 Å². The first kappa shape index (κ1) is 11.5. The van der Waals surface area contributed by atoms with Crippen LogP contribution >= 0.6 is 15.9 Å². The third kappa shape index (κ3) is 2.24. The predicted molar refractivity (Wildman–Crippen MR) is 53.8 cm³/mol.